The number of carbonyl (C=O) groups excluding carboxylic acids is 4. The first kappa shape index (κ1) is 53.3. The number of ether oxygens (including phenoxy) is 2. The summed E-state index contributed by atoms with van der Waals surface area (Å²) < 4.78 is 25.7. The molecule has 368 valence electrons. The smallest absolute Gasteiger partial charge is 0.407 e. The Bertz CT molecular complexity index is 2500. The fourth-order valence-electron chi connectivity index (χ4n) is 8.99. The number of aromatic nitrogens is 4. The van der Waals surface area contributed by atoms with Crippen LogP contribution in [0.2, 0.25) is 0 Å². The van der Waals surface area contributed by atoms with Crippen LogP contribution >= 0.6 is 9.24 Å². The average molecular weight is 955 g/mol. The molecule has 4 aliphatic rings. The van der Waals surface area contributed by atoms with Crippen LogP contribution in [0.1, 0.15) is 122 Å². The van der Waals surface area contributed by atoms with Gasteiger partial charge in [0.05, 0.1) is 56.3 Å². The molecular formula is C52H72FN8O6P. The Morgan fingerprint density at radius 1 is 0.897 bits per heavy atom. The van der Waals surface area contributed by atoms with Gasteiger partial charge in [-0.2, -0.15) is 0 Å². The van der Waals surface area contributed by atoms with E-state index in [1.807, 2.05) is 44.2 Å². The van der Waals surface area contributed by atoms with Crippen molar-refractivity contribution >= 4 is 44.7 Å². The van der Waals surface area contributed by atoms with Crippen LogP contribution in [0.3, 0.4) is 0 Å². The predicted octanol–water partition coefficient (Wildman–Crippen LogP) is 10.7. The van der Waals surface area contributed by atoms with Crippen molar-refractivity contribution in [1.29, 1.82) is 0 Å². The number of aldehydes is 1. The average Bonchev–Trinajstić information content (AvgIpc) is 3.90. The molecule has 3 aromatic carbocycles. The quantitative estimate of drug-likeness (QED) is 0.0742. The highest BCUT2D eigenvalue weighted by Gasteiger charge is 2.46. The van der Waals surface area contributed by atoms with Gasteiger partial charge in [-0.3, -0.25) is 9.69 Å². The van der Waals surface area contributed by atoms with E-state index in [4.69, 9.17) is 4.98 Å². The van der Waals surface area contributed by atoms with Crippen LogP contribution in [0.4, 0.5) is 14.0 Å². The Balaban J connectivity index is 0.000000473. The molecule has 16 heteroatoms. The molecule has 5 aromatic rings. The molecule has 3 amide bonds. The van der Waals surface area contributed by atoms with E-state index in [-0.39, 0.29) is 31.0 Å². The Labute approximate surface area is 403 Å². The molecule has 3 fully saturated rings. The number of methoxy groups -OCH3 is 2. The Morgan fingerprint density at radius 3 is 2.07 bits per heavy atom. The molecule has 9 rings (SSSR count). The molecular weight excluding hydrogens is 883 g/mol. The lowest BCUT2D eigenvalue weighted by Crippen LogP contribution is -2.42. The number of halogens is 1. The maximum atomic E-state index is 16.9. The van der Waals surface area contributed by atoms with Crippen molar-refractivity contribution in [2.24, 2.45) is 11.3 Å². The lowest BCUT2D eigenvalue weighted by Gasteiger charge is -2.30. The molecule has 2 aromatic heterocycles. The van der Waals surface area contributed by atoms with Gasteiger partial charge < -0.3 is 39.8 Å². The number of carbonyl (C=O) groups is 4. The SMILES string of the molecule is CC.CCC.CCC.COC(=O)NCC(=O)N(Cc1ncc(-c2ccc3c(c2)C(F)(P)c2cc(-c4ccc5nc(C6C7CCC(C7)N6C)[nH]c5c4)ccc2-3)[nH]1)CC1(C)CC1.COC(=O)NCC=O. The summed E-state index contributed by atoms with van der Waals surface area (Å²) in [6.07, 6.45) is 9.46. The van der Waals surface area contributed by atoms with Crippen LogP contribution in [0.15, 0.2) is 60.8 Å². The van der Waals surface area contributed by atoms with Gasteiger partial charge in [-0.05, 0) is 97.0 Å². The van der Waals surface area contributed by atoms with Crippen molar-refractivity contribution in [3.63, 3.8) is 0 Å². The molecule has 3 aliphatic carbocycles. The number of hydrogen-bond donors (Lipinski definition) is 4. The van der Waals surface area contributed by atoms with Crippen molar-refractivity contribution < 1.29 is 33.0 Å². The molecule has 14 nitrogen and oxygen atoms in total. The molecule has 5 unspecified atom stereocenters. The number of imidazole rings is 2. The molecule has 0 radical (unpaired) electrons. The number of piperidine rings is 1. The summed E-state index contributed by atoms with van der Waals surface area (Å²) in [6.45, 7) is 15.3. The number of nitrogens with one attached hydrogen (secondary N) is 4. The summed E-state index contributed by atoms with van der Waals surface area (Å²) in [5.74, 6) is 2.11. The molecule has 3 heterocycles. The maximum Gasteiger partial charge on any atom is 0.407 e. The first-order valence-electron chi connectivity index (χ1n) is 24.0. The van der Waals surface area contributed by atoms with E-state index in [0.29, 0.717) is 47.8 Å². The predicted molar refractivity (Wildman–Crippen MR) is 271 cm³/mol. The lowest BCUT2D eigenvalue weighted by molar-refractivity contribution is -0.131. The number of fused-ring (bicyclic) bond motifs is 6. The van der Waals surface area contributed by atoms with E-state index < -0.39 is 17.6 Å². The Kier molecular flexibility index (Phi) is 18.9. The number of alkyl halides is 1. The van der Waals surface area contributed by atoms with E-state index in [1.165, 1.54) is 46.3 Å². The molecule has 5 atom stereocenters. The molecule has 1 saturated heterocycles. The topological polar surface area (TPSA) is 175 Å². The number of alkyl carbamates (subject to hydrolysis) is 2. The van der Waals surface area contributed by atoms with Gasteiger partial charge in [0.25, 0.3) is 0 Å². The summed E-state index contributed by atoms with van der Waals surface area (Å²) in [5, 5.41) is 2.85. The van der Waals surface area contributed by atoms with Gasteiger partial charge in [0.2, 0.25) is 5.91 Å². The monoisotopic (exact) mass is 955 g/mol. The number of nitrogens with zero attached hydrogens (tertiary/aromatic N) is 4. The second-order valence-electron chi connectivity index (χ2n) is 18.0. The zero-order valence-corrected chi connectivity index (χ0v) is 42.7. The summed E-state index contributed by atoms with van der Waals surface area (Å²) in [6, 6.07) is 19.2. The van der Waals surface area contributed by atoms with Crippen LogP contribution < -0.4 is 10.6 Å². The molecule has 1 aliphatic heterocycles. The van der Waals surface area contributed by atoms with Gasteiger partial charge in [-0.15, -0.1) is 0 Å². The van der Waals surface area contributed by atoms with Crippen LogP contribution in [-0.2, 0) is 31.0 Å². The van der Waals surface area contributed by atoms with Crippen molar-refractivity contribution in [3.05, 3.63) is 83.6 Å². The van der Waals surface area contributed by atoms with E-state index in [0.717, 1.165) is 63.2 Å². The number of rotatable bonds is 11. The minimum absolute atomic E-state index is 0.00662. The minimum atomic E-state index is -1.78. The standard InChI is InChI=1S/C40H43FN7O3P.C4H7NO3.2C3H8.C2H6/c1-39(12-13-39)21-48(35(49)19-43-38(50)51-3)20-34-42-18-33(44-34)24-6-10-28-27-9-5-22(15-29(27)40(41,52)30(28)16-24)23-7-11-31-32(17-23)46-37(45-31)36-25-4-8-26(14-25)47(36)2;1-8-4(7)5-2-3-6;2*1-3-2;1-2/h5-7,9-11,15-18,25-26,36H,4,8,12-14,19-21,52H2,1-3H3,(H,42,44)(H,43,50)(H,45,46);3H,2H2,1H3,(H,5,7);2*3H2,1-2H3;1-2H3. The van der Waals surface area contributed by atoms with Crippen molar-refractivity contribution in [3.8, 4) is 33.5 Å². The third-order valence-electron chi connectivity index (χ3n) is 12.5. The highest BCUT2D eigenvalue weighted by Crippen LogP contribution is 2.55. The van der Waals surface area contributed by atoms with Crippen LogP contribution in [0.25, 0.3) is 44.5 Å². The fourth-order valence-corrected chi connectivity index (χ4v) is 9.47. The van der Waals surface area contributed by atoms with Crippen LogP contribution in [0, 0.1) is 11.3 Å². The zero-order chi connectivity index (χ0) is 49.8. The number of amides is 3. The summed E-state index contributed by atoms with van der Waals surface area (Å²) >= 11 is 0. The van der Waals surface area contributed by atoms with Gasteiger partial charge in [-0.1, -0.05) is 101 Å². The van der Waals surface area contributed by atoms with Crippen LogP contribution in [0.5, 0.6) is 0 Å². The Hall–Kier alpha value is -5.66. The fraction of sp³-hybridized carbons (Fsp3) is 0.500. The van der Waals surface area contributed by atoms with Gasteiger partial charge in [0.15, 0.2) is 5.41 Å². The molecule has 0 spiro atoms. The van der Waals surface area contributed by atoms with Gasteiger partial charge >= 0.3 is 12.2 Å². The third kappa shape index (κ3) is 12.5. The van der Waals surface area contributed by atoms with Crippen molar-refractivity contribution in [1.82, 2.24) is 40.4 Å². The summed E-state index contributed by atoms with van der Waals surface area (Å²) in [4.78, 5) is 65.1. The maximum absolute atomic E-state index is 16.9. The number of benzene rings is 3. The molecule has 2 bridgehead atoms. The number of likely N-dealkylation sites (tertiary alicyclic amines) is 1. The minimum Gasteiger partial charge on any atom is -0.453 e. The normalized spacial score (nSPS) is 19.7. The van der Waals surface area contributed by atoms with E-state index in [2.05, 4.69) is 115 Å². The van der Waals surface area contributed by atoms with E-state index in [9.17, 15) is 19.2 Å². The number of H-pyrrole nitrogens is 2. The third-order valence-corrected chi connectivity index (χ3v) is 13.1. The summed E-state index contributed by atoms with van der Waals surface area (Å²) in [7, 11) is 7.18. The van der Waals surface area contributed by atoms with Gasteiger partial charge in [0.1, 0.15) is 24.5 Å². The van der Waals surface area contributed by atoms with E-state index >= 15 is 4.39 Å². The first-order chi connectivity index (χ1) is 32.6. The molecule has 68 heavy (non-hydrogen) atoms. The molecule has 4 N–H and O–H groups in total. The Morgan fingerprint density at radius 2 is 1.49 bits per heavy atom. The number of hydrogen-bond acceptors (Lipinski definition) is 9. The molecule has 2 saturated carbocycles. The van der Waals surface area contributed by atoms with Gasteiger partial charge in [0, 0.05) is 29.3 Å². The second kappa shape index (κ2) is 24.1. The van der Waals surface area contributed by atoms with E-state index in [1.54, 1.807) is 11.1 Å². The number of aromatic amines is 2. The second-order valence-corrected chi connectivity index (χ2v) is 18.8. The highest BCUT2D eigenvalue weighted by atomic mass is 31.0. The zero-order valence-electron chi connectivity index (χ0n) is 41.6. The largest absolute Gasteiger partial charge is 0.453 e. The highest BCUT2D eigenvalue weighted by molar-refractivity contribution is 7.18. The van der Waals surface area contributed by atoms with Gasteiger partial charge in [-0.25, -0.2) is 23.9 Å². The van der Waals surface area contributed by atoms with Crippen LogP contribution in [-0.4, -0.2) is 101 Å². The van der Waals surface area contributed by atoms with Crippen molar-refractivity contribution in [2.45, 2.75) is 117 Å². The summed E-state index contributed by atoms with van der Waals surface area (Å²) in [5.41, 5.74) is 8.45. The van der Waals surface area contributed by atoms with Crippen molar-refractivity contribution in [2.75, 3.05) is 40.9 Å². The lowest BCUT2D eigenvalue weighted by atomic mass is 9.98. The first-order valence-corrected chi connectivity index (χ1v) is 24.6.